The number of hydrogen-bond acceptors (Lipinski definition) is 5. The number of nitrogens with two attached hydrogens (primary N) is 1. The highest BCUT2D eigenvalue weighted by molar-refractivity contribution is 5.81. The molecule has 6 heteroatoms. The summed E-state index contributed by atoms with van der Waals surface area (Å²) in [6, 6.07) is 0.569. The lowest BCUT2D eigenvalue weighted by Crippen LogP contribution is -2.41. The van der Waals surface area contributed by atoms with Crippen molar-refractivity contribution in [3.63, 3.8) is 0 Å². The van der Waals surface area contributed by atoms with Gasteiger partial charge in [0.15, 0.2) is 5.84 Å². The number of ether oxygens (including phenoxy) is 2. The van der Waals surface area contributed by atoms with Gasteiger partial charge in [-0.1, -0.05) is 18.0 Å². The molecule has 0 spiro atoms. The highest BCUT2D eigenvalue weighted by Gasteiger charge is 2.22. The van der Waals surface area contributed by atoms with Crippen LogP contribution in [0.1, 0.15) is 32.1 Å². The Morgan fingerprint density at radius 1 is 1.32 bits per heavy atom. The van der Waals surface area contributed by atoms with Gasteiger partial charge >= 0.3 is 0 Å². The Bertz CT molecular complexity index is 256. The summed E-state index contributed by atoms with van der Waals surface area (Å²) in [6.07, 6.45) is 5.94. The van der Waals surface area contributed by atoms with Crippen LogP contribution >= 0.6 is 0 Å². The van der Waals surface area contributed by atoms with E-state index in [2.05, 4.69) is 10.1 Å². The second-order valence-electron chi connectivity index (χ2n) is 4.96. The summed E-state index contributed by atoms with van der Waals surface area (Å²) in [7, 11) is 1.67. The predicted octanol–water partition coefficient (Wildman–Crippen LogP) is 1.03. The molecule has 0 aromatic rings. The molecule has 1 aliphatic carbocycles. The zero-order valence-electron chi connectivity index (χ0n) is 11.9. The number of nitrogens with zero attached hydrogens (tertiary/aromatic N) is 2. The lowest BCUT2D eigenvalue weighted by Gasteiger charge is -2.28. The van der Waals surface area contributed by atoms with Crippen LogP contribution in [0.3, 0.4) is 0 Å². The second-order valence-corrected chi connectivity index (χ2v) is 4.96. The fraction of sp³-hybridized carbons (Fsp3) is 0.923. The van der Waals surface area contributed by atoms with E-state index in [4.69, 9.17) is 20.4 Å². The summed E-state index contributed by atoms with van der Waals surface area (Å²) in [5.41, 5.74) is 5.62. The number of oxime groups is 1. The first-order valence-electron chi connectivity index (χ1n) is 7.05. The van der Waals surface area contributed by atoms with Gasteiger partial charge in [0, 0.05) is 26.3 Å². The lowest BCUT2D eigenvalue weighted by atomic mass is 10.2. The van der Waals surface area contributed by atoms with Gasteiger partial charge < -0.3 is 20.4 Å². The van der Waals surface area contributed by atoms with Gasteiger partial charge in [-0.2, -0.15) is 0 Å². The van der Waals surface area contributed by atoms with Crippen molar-refractivity contribution in [2.24, 2.45) is 10.9 Å². The number of hydrogen-bond donors (Lipinski definition) is 2. The number of amidine groups is 1. The van der Waals surface area contributed by atoms with Crippen molar-refractivity contribution >= 4 is 5.84 Å². The van der Waals surface area contributed by atoms with Crippen LogP contribution in [0, 0.1) is 0 Å². The molecule has 0 heterocycles. The molecule has 0 aromatic heterocycles. The summed E-state index contributed by atoms with van der Waals surface area (Å²) in [6.45, 7) is 3.46. The summed E-state index contributed by atoms with van der Waals surface area (Å²) in [5.74, 6) is 0.284. The lowest BCUT2D eigenvalue weighted by molar-refractivity contribution is 0.0638. The van der Waals surface area contributed by atoms with Crippen molar-refractivity contribution in [3.8, 4) is 0 Å². The monoisotopic (exact) mass is 273 g/mol. The third kappa shape index (κ3) is 6.75. The van der Waals surface area contributed by atoms with Gasteiger partial charge in [0.05, 0.1) is 19.8 Å². The zero-order valence-corrected chi connectivity index (χ0v) is 11.9. The SMILES string of the molecule is COCCOCCCN(CC(N)=NO)C1CCCC1. The molecule has 1 saturated carbocycles. The van der Waals surface area contributed by atoms with Crippen LogP contribution in [-0.2, 0) is 9.47 Å². The van der Waals surface area contributed by atoms with E-state index < -0.39 is 0 Å². The normalized spacial score (nSPS) is 17.5. The third-order valence-electron chi connectivity index (χ3n) is 3.50. The Hall–Kier alpha value is -0.850. The third-order valence-corrected chi connectivity index (χ3v) is 3.50. The minimum Gasteiger partial charge on any atom is -0.409 e. The second kappa shape index (κ2) is 10.00. The molecule has 3 N–H and O–H groups in total. The summed E-state index contributed by atoms with van der Waals surface area (Å²) < 4.78 is 10.4. The Labute approximate surface area is 115 Å². The largest absolute Gasteiger partial charge is 0.409 e. The highest BCUT2D eigenvalue weighted by atomic mass is 16.5. The molecule has 0 unspecified atom stereocenters. The van der Waals surface area contributed by atoms with Crippen LogP contribution in [0.2, 0.25) is 0 Å². The standard InChI is InChI=1S/C13H27N3O3/c1-18-9-10-19-8-4-7-16(11-13(14)15-17)12-5-2-3-6-12/h12,17H,2-11H2,1H3,(H2,14,15). The number of methoxy groups -OCH3 is 1. The Morgan fingerprint density at radius 2 is 2.05 bits per heavy atom. The predicted molar refractivity (Wildman–Crippen MR) is 74.5 cm³/mol. The molecule has 0 atom stereocenters. The maximum atomic E-state index is 8.69. The van der Waals surface area contributed by atoms with Gasteiger partial charge in [0.2, 0.25) is 0 Å². The van der Waals surface area contributed by atoms with Gasteiger partial charge in [-0.3, -0.25) is 4.90 Å². The maximum Gasteiger partial charge on any atom is 0.153 e. The molecule has 1 rings (SSSR count). The van der Waals surface area contributed by atoms with Crippen molar-refractivity contribution in [3.05, 3.63) is 0 Å². The Kier molecular flexibility index (Phi) is 8.53. The summed E-state index contributed by atoms with van der Waals surface area (Å²) >= 11 is 0. The van der Waals surface area contributed by atoms with E-state index in [1.54, 1.807) is 7.11 Å². The Morgan fingerprint density at radius 3 is 2.68 bits per heavy atom. The summed E-state index contributed by atoms with van der Waals surface area (Å²) in [5, 5.41) is 11.8. The van der Waals surface area contributed by atoms with E-state index in [9.17, 15) is 0 Å². The molecule has 0 radical (unpaired) electrons. The van der Waals surface area contributed by atoms with Crippen LogP contribution in [0.4, 0.5) is 0 Å². The topological polar surface area (TPSA) is 80.3 Å². The van der Waals surface area contributed by atoms with Crippen LogP contribution in [0.25, 0.3) is 0 Å². The van der Waals surface area contributed by atoms with E-state index in [1.165, 1.54) is 25.7 Å². The first kappa shape index (κ1) is 16.2. The molecule has 0 bridgehead atoms. The fourth-order valence-electron chi connectivity index (χ4n) is 2.51. The maximum absolute atomic E-state index is 8.69. The van der Waals surface area contributed by atoms with Gasteiger partial charge in [0.25, 0.3) is 0 Å². The van der Waals surface area contributed by atoms with E-state index in [-0.39, 0.29) is 5.84 Å². The van der Waals surface area contributed by atoms with Crippen LogP contribution < -0.4 is 5.73 Å². The molecule has 112 valence electrons. The summed E-state index contributed by atoms with van der Waals surface area (Å²) in [4.78, 5) is 2.31. The van der Waals surface area contributed by atoms with Crippen molar-refractivity contribution < 1.29 is 14.7 Å². The van der Waals surface area contributed by atoms with Gasteiger partial charge in [-0.25, -0.2) is 0 Å². The minimum atomic E-state index is 0.284. The first-order chi connectivity index (χ1) is 9.27. The quantitative estimate of drug-likeness (QED) is 0.204. The van der Waals surface area contributed by atoms with Gasteiger partial charge in [-0.05, 0) is 19.3 Å². The zero-order chi connectivity index (χ0) is 13.9. The average molecular weight is 273 g/mol. The van der Waals surface area contributed by atoms with E-state index in [0.29, 0.717) is 25.8 Å². The number of rotatable bonds is 10. The van der Waals surface area contributed by atoms with Crippen molar-refractivity contribution in [1.82, 2.24) is 4.90 Å². The molecule has 1 aliphatic rings. The molecular weight excluding hydrogens is 246 g/mol. The van der Waals surface area contributed by atoms with Gasteiger partial charge in [0.1, 0.15) is 0 Å². The smallest absolute Gasteiger partial charge is 0.153 e. The fourth-order valence-corrected chi connectivity index (χ4v) is 2.51. The molecule has 6 nitrogen and oxygen atoms in total. The minimum absolute atomic E-state index is 0.284. The van der Waals surface area contributed by atoms with Crippen LogP contribution in [0.15, 0.2) is 5.16 Å². The van der Waals surface area contributed by atoms with Crippen molar-refractivity contribution in [2.45, 2.75) is 38.1 Å². The van der Waals surface area contributed by atoms with Crippen molar-refractivity contribution in [2.75, 3.05) is 40.0 Å². The van der Waals surface area contributed by atoms with Crippen LogP contribution in [0.5, 0.6) is 0 Å². The van der Waals surface area contributed by atoms with Crippen molar-refractivity contribution in [1.29, 1.82) is 0 Å². The molecule has 0 amide bonds. The molecule has 0 aliphatic heterocycles. The molecular formula is C13H27N3O3. The highest BCUT2D eigenvalue weighted by Crippen LogP contribution is 2.23. The Balaban J connectivity index is 2.24. The average Bonchev–Trinajstić information content (AvgIpc) is 2.95. The van der Waals surface area contributed by atoms with Gasteiger partial charge in [-0.15, -0.1) is 0 Å². The molecule has 0 saturated heterocycles. The molecule has 1 fully saturated rings. The van der Waals surface area contributed by atoms with Crippen LogP contribution in [-0.4, -0.2) is 62.0 Å². The molecule has 19 heavy (non-hydrogen) atoms. The first-order valence-corrected chi connectivity index (χ1v) is 7.05. The van der Waals surface area contributed by atoms with E-state index >= 15 is 0 Å². The molecule has 0 aromatic carbocycles. The van der Waals surface area contributed by atoms with E-state index in [1.807, 2.05) is 0 Å². The van der Waals surface area contributed by atoms with E-state index in [0.717, 1.165) is 19.6 Å².